The number of halogens is 2. The van der Waals surface area contributed by atoms with Gasteiger partial charge in [-0.25, -0.2) is 4.79 Å². The third-order valence-corrected chi connectivity index (χ3v) is 4.09. The zero-order valence-corrected chi connectivity index (χ0v) is 12.6. The minimum Gasteiger partial charge on any atom is -0.385 e. The van der Waals surface area contributed by atoms with Crippen molar-refractivity contribution in [2.45, 2.75) is 6.04 Å². The lowest BCUT2D eigenvalue weighted by Crippen LogP contribution is -2.35. The number of benzene rings is 1. The molecule has 1 heterocycles. The maximum atomic E-state index is 11.8. The molecule has 2 amide bonds. The van der Waals surface area contributed by atoms with E-state index in [1.165, 1.54) is 0 Å². The molecule has 0 saturated carbocycles. The van der Waals surface area contributed by atoms with E-state index in [4.69, 9.17) is 22.1 Å². The lowest BCUT2D eigenvalue weighted by Gasteiger charge is -2.24. The fraction of sp³-hybridized carbons (Fsp3) is 0.333. The van der Waals surface area contributed by atoms with Crippen molar-refractivity contribution < 1.29 is 9.53 Å². The van der Waals surface area contributed by atoms with Crippen LogP contribution in [0.4, 0.5) is 4.79 Å². The van der Waals surface area contributed by atoms with E-state index < -0.39 is 0 Å². The fourth-order valence-corrected chi connectivity index (χ4v) is 2.39. The Labute approximate surface area is 124 Å². The van der Waals surface area contributed by atoms with Crippen molar-refractivity contribution in [1.29, 1.82) is 0 Å². The number of methoxy groups -OCH3 is 1. The van der Waals surface area contributed by atoms with Crippen LogP contribution >= 0.6 is 27.5 Å². The SMILES string of the molecule is COCCN1C(=O)N=C(N)C1c1ccc(Br)c(Cl)c1. The number of ether oxygens (including phenoxy) is 1. The average Bonchev–Trinajstić information content (AvgIpc) is 2.65. The van der Waals surface area contributed by atoms with Crippen molar-refractivity contribution in [3.63, 3.8) is 0 Å². The quantitative estimate of drug-likeness (QED) is 0.911. The Hall–Kier alpha value is -1.11. The number of nitrogens with zero attached hydrogens (tertiary/aromatic N) is 2. The Balaban J connectivity index is 2.31. The predicted octanol–water partition coefficient (Wildman–Crippen LogP) is 2.58. The number of carbonyl (C=O) groups excluding carboxylic acids is 1. The molecule has 0 fully saturated rings. The summed E-state index contributed by atoms with van der Waals surface area (Å²) >= 11 is 9.40. The molecule has 1 aliphatic rings. The number of amides is 2. The largest absolute Gasteiger partial charge is 0.385 e. The van der Waals surface area contributed by atoms with E-state index in [0.717, 1.165) is 10.0 Å². The molecule has 1 aromatic rings. The predicted molar refractivity (Wildman–Crippen MR) is 77.5 cm³/mol. The number of urea groups is 1. The van der Waals surface area contributed by atoms with Crippen molar-refractivity contribution >= 4 is 39.4 Å². The molecule has 5 nitrogen and oxygen atoms in total. The molecule has 0 aromatic heterocycles. The smallest absolute Gasteiger partial charge is 0.346 e. The van der Waals surface area contributed by atoms with Crippen molar-refractivity contribution in [3.8, 4) is 0 Å². The number of nitrogens with two attached hydrogens (primary N) is 1. The minimum absolute atomic E-state index is 0.277. The number of hydrogen-bond donors (Lipinski definition) is 1. The first-order chi connectivity index (χ1) is 9.04. The second kappa shape index (κ2) is 5.90. The second-order valence-electron chi connectivity index (χ2n) is 4.08. The maximum Gasteiger partial charge on any atom is 0.346 e. The monoisotopic (exact) mass is 345 g/mol. The summed E-state index contributed by atoms with van der Waals surface area (Å²) in [5.74, 6) is 0.277. The Morgan fingerprint density at radius 2 is 2.32 bits per heavy atom. The summed E-state index contributed by atoms with van der Waals surface area (Å²) in [6.45, 7) is 0.854. The van der Waals surface area contributed by atoms with Gasteiger partial charge in [0.2, 0.25) is 0 Å². The van der Waals surface area contributed by atoms with E-state index >= 15 is 0 Å². The van der Waals surface area contributed by atoms with Crippen LogP contribution in [0.3, 0.4) is 0 Å². The van der Waals surface area contributed by atoms with Crippen LogP contribution in [0.5, 0.6) is 0 Å². The van der Waals surface area contributed by atoms with Crippen LogP contribution in [0.2, 0.25) is 5.02 Å². The van der Waals surface area contributed by atoms with Gasteiger partial charge < -0.3 is 15.4 Å². The maximum absolute atomic E-state index is 11.8. The topological polar surface area (TPSA) is 67.9 Å². The van der Waals surface area contributed by atoms with Crippen LogP contribution in [0.15, 0.2) is 27.7 Å². The van der Waals surface area contributed by atoms with Gasteiger partial charge in [0.05, 0.1) is 11.6 Å². The first-order valence-electron chi connectivity index (χ1n) is 5.63. The molecule has 102 valence electrons. The van der Waals surface area contributed by atoms with Gasteiger partial charge in [-0.15, -0.1) is 0 Å². The van der Waals surface area contributed by atoms with Crippen molar-refractivity contribution in [1.82, 2.24) is 4.90 Å². The highest BCUT2D eigenvalue weighted by Gasteiger charge is 2.34. The average molecular weight is 347 g/mol. The zero-order chi connectivity index (χ0) is 14.0. The highest BCUT2D eigenvalue weighted by molar-refractivity contribution is 9.10. The molecule has 1 aliphatic heterocycles. The van der Waals surface area contributed by atoms with Gasteiger partial charge in [0.1, 0.15) is 11.9 Å². The molecule has 0 saturated heterocycles. The van der Waals surface area contributed by atoms with Gasteiger partial charge in [-0.2, -0.15) is 4.99 Å². The molecule has 1 atom stereocenters. The molecule has 2 N–H and O–H groups in total. The molecule has 0 aliphatic carbocycles. The van der Waals surface area contributed by atoms with E-state index in [-0.39, 0.29) is 17.9 Å². The molecule has 0 radical (unpaired) electrons. The molecule has 7 heteroatoms. The van der Waals surface area contributed by atoms with Crippen molar-refractivity contribution in [2.75, 3.05) is 20.3 Å². The van der Waals surface area contributed by atoms with E-state index in [0.29, 0.717) is 18.2 Å². The molecule has 1 unspecified atom stereocenters. The summed E-state index contributed by atoms with van der Waals surface area (Å²) in [4.78, 5) is 17.2. The van der Waals surface area contributed by atoms with Crippen LogP contribution in [0.25, 0.3) is 0 Å². The van der Waals surface area contributed by atoms with Gasteiger partial charge in [0.25, 0.3) is 0 Å². The van der Waals surface area contributed by atoms with Gasteiger partial charge in [-0.3, -0.25) is 0 Å². The van der Waals surface area contributed by atoms with E-state index in [2.05, 4.69) is 20.9 Å². The molecular formula is C12H13BrClN3O2. The third-order valence-electron chi connectivity index (χ3n) is 2.86. The molecule has 1 aromatic carbocycles. The fourth-order valence-electron chi connectivity index (χ4n) is 1.95. The first kappa shape index (κ1) is 14.3. The van der Waals surface area contributed by atoms with Crippen LogP contribution in [0, 0.1) is 0 Å². The molecule has 19 heavy (non-hydrogen) atoms. The van der Waals surface area contributed by atoms with Gasteiger partial charge in [-0.05, 0) is 33.6 Å². The number of aliphatic imine (C=N–C) groups is 1. The molecule has 0 bridgehead atoms. The Kier molecular flexibility index (Phi) is 4.44. The van der Waals surface area contributed by atoms with E-state index in [1.807, 2.05) is 12.1 Å². The van der Waals surface area contributed by atoms with Crippen molar-refractivity contribution in [3.05, 3.63) is 33.3 Å². The summed E-state index contributed by atoms with van der Waals surface area (Å²) in [6, 6.07) is 4.73. The van der Waals surface area contributed by atoms with Crippen LogP contribution in [-0.2, 0) is 4.74 Å². The number of rotatable bonds is 4. The lowest BCUT2D eigenvalue weighted by atomic mass is 10.1. The summed E-state index contributed by atoms with van der Waals surface area (Å²) in [7, 11) is 1.58. The molecule has 0 spiro atoms. The number of carbonyl (C=O) groups is 1. The number of hydrogen-bond acceptors (Lipinski definition) is 3. The zero-order valence-electron chi connectivity index (χ0n) is 10.3. The van der Waals surface area contributed by atoms with Gasteiger partial charge in [0, 0.05) is 18.1 Å². The lowest BCUT2D eigenvalue weighted by molar-refractivity contribution is 0.150. The molecular weight excluding hydrogens is 334 g/mol. The van der Waals surface area contributed by atoms with Gasteiger partial charge in [-0.1, -0.05) is 17.7 Å². The highest BCUT2D eigenvalue weighted by Crippen LogP contribution is 2.31. The highest BCUT2D eigenvalue weighted by atomic mass is 79.9. The van der Waals surface area contributed by atoms with E-state index in [1.54, 1.807) is 18.1 Å². The van der Waals surface area contributed by atoms with Gasteiger partial charge >= 0.3 is 6.03 Å². The first-order valence-corrected chi connectivity index (χ1v) is 6.80. The Bertz CT molecular complexity index is 536. The van der Waals surface area contributed by atoms with Crippen molar-refractivity contribution in [2.24, 2.45) is 10.7 Å². The summed E-state index contributed by atoms with van der Waals surface area (Å²) in [5, 5.41) is 0.566. The van der Waals surface area contributed by atoms with Crippen LogP contribution in [0.1, 0.15) is 11.6 Å². The molecule has 2 rings (SSSR count). The normalized spacial score (nSPS) is 18.9. The van der Waals surface area contributed by atoms with Crippen LogP contribution < -0.4 is 5.73 Å². The van der Waals surface area contributed by atoms with Gasteiger partial charge in [0.15, 0.2) is 0 Å². The standard InChI is InChI=1S/C12H13BrClN3O2/c1-19-5-4-17-10(11(15)16-12(17)18)7-2-3-8(13)9(14)6-7/h2-3,6,10H,4-5H2,1H3,(H2,15,16,18). The third kappa shape index (κ3) is 2.91. The summed E-state index contributed by atoms with van der Waals surface area (Å²) in [6.07, 6.45) is 0. The summed E-state index contributed by atoms with van der Waals surface area (Å²) in [5.41, 5.74) is 6.67. The van der Waals surface area contributed by atoms with E-state index in [9.17, 15) is 4.79 Å². The Morgan fingerprint density at radius 3 is 2.95 bits per heavy atom. The number of amidine groups is 1. The minimum atomic E-state index is -0.381. The summed E-state index contributed by atoms with van der Waals surface area (Å²) < 4.78 is 5.79. The van der Waals surface area contributed by atoms with Crippen LogP contribution in [-0.4, -0.2) is 37.0 Å². The second-order valence-corrected chi connectivity index (χ2v) is 5.34. The Morgan fingerprint density at radius 1 is 1.58 bits per heavy atom.